The maximum Gasteiger partial charge on any atom is 0.187 e. The van der Waals surface area contributed by atoms with Crippen LogP contribution in [0.15, 0.2) is 0 Å². The molecule has 22 atom stereocenters. The van der Waals surface area contributed by atoms with Crippen LogP contribution >= 0.6 is 0 Å². The molecule has 4 saturated carbocycles. The molecule has 8 rings (SSSR count). The Morgan fingerprint density at radius 3 is 2.20 bits per heavy atom. The van der Waals surface area contributed by atoms with Crippen molar-refractivity contribution in [3.05, 3.63) is 0 Å². The molecule has 292 valence electrons. The lowest BCUT2D eigenvalue weighted by Gasteiger charge is -2.61. The molecule has 0 amide bonds. The highest BCUT2D eigenvalue weighted by Crippen LogP contribution is 2.71. The van der Waals surface area contributed by atoms with Gasteiger partial charge in [0.05, 0.1) is 31.5 Å². The van der Waals surface area contributed by atoms with Gasteiger partial charge >= 0.3 is 0 Å². The van der Waals surface area contributed by atoms with Gasteiger partial charge in [-0.05, 0) is 111 Å². The summed E-state index contributed by atoms with van der Waals surface area (Å²) < 4.78 is 37.7. The predicted octanol–water partition coefficient (Wildman–Crippen LogP) is 2.47. The fraction of sp³-hybridized carbons (Fsp3) is 1.00. The van der Waals surface area contributed by atoms with Crippen LogP contribution in [-0.2, 0) is 28.4 Å². The van der Waals surface area contributed by atoms with E-state index in [1.807, 2.05) is 0 Å². The Balaban J connectivity index is 0.941. The Hall–Kier alpha value is -0.480. The molecule has 0 bridgehead atoms. The molecule has 6 N–H and O–H groups in total. The zero-order valence-electron chi connectivity index (χ0n) is 31.1. The summed E-state index contributed by atoms with van der Waals surface area (Å²) in [7, 11) is 0. The highest BCUT2D eigenvalue weighted by molar-refractivity contribution is 5.15. The highest BCUT2D eigenvalue weighted by Gasteiger charge is 2.69. The van der Waals surface area contributed by atoms with Gasteiger partial charge in [-0.25, -0.2) is 0 Å². The van der Waals surface area contributed by atoms with Crippen LogP contribution in [0.4, 0.5) is 0 Å². The van der Waals surface area contributed by atoms with E-state index in [0.717, 1.165) is 45.1 Å². The molecule has 51 heavy (non-hydrogen) atoms. The summed E-state index contributed by atoms with van der Waals surface area (Å²) in [5, 5.41) is 62.9. The second kappa shape index (κ2) is 13.6. The molecule has 0 aromatic rings. The second-order valence-corrected chi connectivity index (χ2v) is 18.7. The molecular formula is C39H64O12. The predicted molar refractivity (Wildman–Crippen MR) is 182 cm³/mol. The summed E-state index contributed by atoms with van der Waals surface area (Å²) in [5.41, 5.74) is 0.464. The summed E-state index contributed by atoms with van der Waals surface area (Å²) in [6.45, 7) is 11.6. The van der Waals surface area contributed by atoms with Gasteiger partial charge < -0.3 is 59.1 Å². The molecule has 4 aliphatic carbocycles. The van der Waals surface area contributed by atoms with Crippen molar-refractivity contribution >= 4 is 0 Å². The summed E-state index contributed by atoms with van der Waals surface area (Å²) in [6.07, 6.45) is -2.28. The Kier molecular flexibility index (Phi) is 10.00. The molecular weight excluding hydrogens is 660 g/mol. The highest BCUT2D eigenvalue weighted by atomic mass is 16.8. The third kappa shape index (κ3) is 5.91. The quantitative estimate of drug-likeness (QED) is 0.229. The topological polar surface area (TPSA) is 177 Å². The van der Waals surface area contributed by atoms with E-state index in [1.54, 1.807) is 6.92 Å². The molecule has 8 fully saturated rings. The molecule has 12 heteroatoms. The van der Waals surface area contributed by atoms with Gasteiger partial charge in [-0.3, -0.25) is 0 Å². The summed E-state index contributed by atoms with van der Waals surface area (Å²) in [5.74, 6) is 3.63. The van der Waals surface area contributed by atoms with Crippen LogP contribution in [0.1, 0.15) is 98.8 Å². The molecule has 0 radical (unpaired) electrons. The van der Waals surface area contributed by atoms with Gasteiger partial charge in [-0.15, -0.1) is 0 Å². The minimum absolute atomic E-state index is 0.190. The van der Waals surface area contributed by atoms with Crippen LogP contribution in [-0.4, -0.2) is 123 Å². The van der Waals surface area contributed by atoms with E-state index in [-0.39, 0.29) is 23.0 Å². The first-order valence-electron chi connectivity index (χ1n) is 20.2. The van der Waals surface area contributed by atoms with Gasteiger partial charge in [0.2, 0.25) is 0 Å². The maximum absolute atomic E-state index is 11.1. The fourth-order valence-corrected chi connectivity index (χ4v) is 13.1. The third-order valence-electron chi connectivity index (χ3n) is 16.1. The average Bonchev–Trinajstić information content (AvgIpc) is 3.56. The number of fused-ring (bicyclic) bond motifs is 7. The molecule has 1 spiro atoms. The first-order chi connectivity index (χ1) is 24.2. The number of hydrogen-bond donors (Lipinski definition) is 6. The van der Waals surface area contributed by atoms with Gasteiger partial charge in [0, 0.05) is 12.3 Å². The van der Waals surface area contributed by atoms with E-state index in [2.05, 4.69) is 27.7 Å². The van der Waals surface area contributed by atoms with Crippen molar-refractivity contribution in [3.8, 4) is 0 Å². The number of aliphatic hydroxyl groups is 6. The molecule has 4 heterocycles. The van der Waals surface area contributed by atoms with Crippen LogP contribution in [0.3, 0.4) is 0 Å². The number of hydrogen-bond acceptors (Lipinski definition) is 12. The minimum atomic E-state index is -1.60. The first-order valence-corrected chi connectivity index (χ1v) is 20.2. The smallest absolute Gasteiger partial charge is 0.187 e. The van der Waals surface area contributed by atoms with Crippen molar-refractivity contribution < 1.29 is 59.1 Å². The van der Waals surface area contributed by atoms with Crippen LogP contribution in [0.2, 0.25) is 0 Å². The zero-order chi connectivity index (χ0) is 36.2. The molecule has 4 saturated heterocycles. The van der Waals surface area contributed by atoms with Crippen LogP contribution in [0.5, 0.6) is 0 Å². The zero-order valence-corrected chi connectivity index (χ0v) is 31.1. The van der Waals surface area contributed by atoms with Gasteiger partial charge in [-0.1, -0.05) is 27.7 Å². The summed E-state index contributed by atoms with van der Waals surface area (Å²) in [6, 6.07) is 0. The first kappa shape index (κ1) is 37.4. The number of ether oxygens (including phenoxy) is 6. The lowest BCUT2D eigenvalue weighted by Crippen LogP contribution is -2.64. The van der Waals surface area contributed by atoms with Crippen molar-refractivity contribution in [3.63, 3.8) is 0 Å². The van der Waals surface area contributed by atoms with Gasteiger partial charge in [0.25, 0.3) is 0 Å². The van der Waals surface area contributed by atoms with Crippen molar-refractivity contribution in [2.75, 3.05) is 13.2 Å². The van der Waals surface area contributed by atoms with E-state index in [1.165, 1.54) is 25.7 Å². The lowest BCUT2D eigenvalue weighted by atomic mass is 9.44. The van der Waals surface area contributed by atoms with E-state index in [0.29, 0.717) is 41.4 Å². The Bertz CT molecular complexity index is 1250. The van der Waals surface area contributed by atoms with Crippen molar-refractivity contribution in [1.29, 1.82) is 0 Å². The standard InChI is InChI=1S/C39H64O12/c1-18-8-13-39(46-17-18)19(2)28-26(51-39)15-25-23-7-6-21-14-22(9-11-37(21,4)24(23)10-12-38(25,28)5)48-36-34(32(44)30(42)27(16-40)49-36)50-35-33(45)31(43)29(41)20(3)47-35/h18-36,40-45H,6-17H2,1-5H3/t18-,19+,20+,21-,22-,23-,24+,25-,26+,27-,28+,29+,30-,31-,32+,33-,34-,35+,36-,37-,38-,39-/m1/s1. The SMILES string of the molecule is C[C@@H]1CC[C@@]2(OC1)O[C@H]1C[C@@H]3[C@@H]4CC[C@@H]5C[C@H](O[C@@H]6O[C@H](CO)[C@@H](O)[C@H](O)[C@H]6O[C@@H]6O[C@@H](C)[C@H](O)[C@@H](O)[C@H]6O)CC[C@@]5(C)[C@H]4CC[C@@]3(C)[C@H]1[C@@H]2C. The molecule has 8 aliphatic rings. The summed E-state index contributed by atoms with van der Waals surface area (Å²) >= 11 is 0. The second-order valence-electron chi connectivity index (χ2n) is 18.7. The fourth-order valence-electron chi connectivity index (χ4n) is 13.1. The van der Waals surface area contributed by atoms with Crippen LogP contribution in [0.25, 0.3) is 0 Å². The van der Waals surface area contributed by atoms with Gasteiger partial charge in [-0.2, -0.15) is 0 Å². The van der Waals surface area contributed by atoms with E-state index >= 15 is 0 Å². The average molecular weight is 725 g/mol. The molecule has 4 aliphatic heterocycles. The molecule has 0 aromatic carbocycles. The normalized spacial score (nSPS) is 59.9. The third-order valence-corrected chi connectivity index (χ3v) is 16.1. The van der Waals surface area contributed by atoms with Crippen molar-refractivity contribution in [2.45, 2.75) is 178 Å². The maximum atomic E-state index is 11.1. The van der Waals surface area contributed by atoms with Crippen molar-refractivity contribution in [1.82, 2.24) is 0 Å². The van der Waals surface area contributed by atoms with Gasteiger partial charge in [0.1, 0.15) is 42.7 Å². The number of rotatable bonds is 5. The van der Waals surface area contributed by atoms with Crippen LogP contribution in [0, 0.1) is 52.3 Å². The Labute approximate surface area is 302 Å². The Morgan fingerprint density at radius 2 is 1.47 bits per heavy atom. The van der Waals surface area contributed by atoms with E-state index in [4.69, 9.17) is 28.4 Å². The van der Waals surface area contributed by atoms with Gasteiger partial charge in [0.15, 0.2) is 18.4 Å². The van der Waals surface area contributed by atoms with Crippen molar-refractivity contribution in [2.24, 2.45) is 52.3 Å². The molecule has 0 aromatic heterocycles. The molecule has 0 unspecified atom stereocenters. The largest absolute Gasteiger partial charge is 0.394 e. The number of aliphatic hydroxyl groups excluding tert-OH is 6. The van der Waals surface area contributed by atoms with E-state index < -0.39 is 73.8 Å². The Morgan fingerprint density at radius 1 is 0.706 bits per heavy atom. The summed E-state index contributed by atoms with van der Waals surface area (Å²) in [4.78, 5) is 0. The lowest BCUT2D eigenvalue weighted by molar-refractivity contribution is -0.371. The van der Waals surface area contributed by atoms with Crippen LogP contribution < -0.4 is 0 Å². The molecule has 12 nitrogen and oxygen atoms in total. The minimum Gasteiger partial charge on any atom is -0.394 e. The monoisotopic (exact) mass is 724 g/mol. The van der Waals surface area contributed by atoms with E-state index in [9.17, 15) is 30.6 Å².